The van der Waals surface area contributed by atoms with Gasteiger partial charge in [0, 0.05) is 24.5 Å². The van der Waals surface area contributed by atoms with Crippen LogP contribution in [0.3, 0.4) is 0 Å². The van der Waals surface area contributed by atoms with Gasteiger partial charge in [0.1, 0.15) is 11.4 Å². The summed E-state index contributed by atoms with van der Waals surface area (Å²) in [5.74, 6) is -0.640. The Hall–Kier alpha value is -1.71. The first-order valence-corrected chi connectivity index (χ1v) is 15.7. The topological polar surface area (TPSA) is 59.1 Å². The number of nitrogens with zero attached hydrogens (tertiary/aromatic N) is 2. The molecule has 1 aromatic carbocycles. The Kier molecular flexibility index (Phi) is 9.39. The Balaban J connectivity index is 2.32. The van der Waals surface area contributed by atoms with Crippen molar-refractivity contribution >= 4 is 41.9 Å². The van der Waals surface area contributed by atoms with Crippen molar-refractivity contribution in [2.75, 3.05) is 18.0 Å². The van der Waals surface area contributed by atoms with Crippen molar-refractivity contribution in [1.82, 2.24) is 4.90 Å². The summed E-state index contributed by atoms with van der Waals surface area (Å²) in [5, 5.41) is 0.0235. The van der Waals surface area contributed by atoms with E-state index in [1.807, 2.05) is 32.9 Å². The SMILES string of the molecule is CC(=O)N(C/C=C/[C@@H]1[C@@H](O[Si](C)(C)C(C)(C)C)CCN1C(=O)OC(C)(C)C)c1cc(F)ccc1Br. The molecular formula is C26H40BrFN2O4Si. The second kappa shape index (κ2) is 11.1. The average Bonchev–Trinajstić information content (AvgIpc) is 3.07. The maximum absolute atomic E-state index is 13.9. The molecule has 35 heavy (non-hydrogen) atoms. The summed E-state index contributed by atoms with van der Waals surface area (Å²) in [7, 11) is -2.09. The van der Waals surface area contributed by atoms with E-state index in [0.29, 0.717) is 23.1 Å². The lowest BCUT2D eigenvalue weighted by molar-refractivity contribution is -0.116. The Morgan fingerprint density at radius 1 is 1.23 bits per heavy atom. The molecule has 1 saturated heterocycles. The van der Waals surface area contributed by atoms with Gasteiger partial charge in [-0.1, -0.05) is 32.9 Å². The van der Waals surface area contributed by atoms with Crippen LogP contribution in [-0.2, 0) is 14.0 Å². The Labute approximate surface area is 219 Å². The standard InChI is InChI=1S/C26H40BrFN2O4Si/c1-18(31)29(22-17-19(28)12-13-20(22)27)15-10-11-21-23(34-35(8,9)26(5,6)7)14-16-30(21)24(32)33-25(2,3)4/h10-13,17,21,23H,14-16H2,1-9H3/b11-10+/t21-,23+/m1/s1. The van der Waals surface area contributed by atoms with Crippen LogP contribution in [-0.4, -0.2) is 56.1 Å². The molecule has 0 aliphatic carbocycles. The van der Waals surface area contributed by atoms with Crippen LogP contribution < -0.4 is 4.90 Å². The molecule has 0 spiro atoms. The van der Waals surface area contributed by atoms with Gasteiger partial charge in [-0.25, -0.2) is 9.18 Å². The molecule has 1 aromatic rings. The Bertz CT molecular complexity index is 956. The molecule has 196 valence electrons. The van der Waals surface area contributed by atoms with Gasteiger partial charge in [0.15, 0.2) is 8.32 Å². The summed E-state index contributed by atoms with van der Waals surface area (Å²) in [6.07, 6.45) is 3.90. The molecule has 2 rings (SSSR count). The molecular weight excluding hydrogens is 531 g/mol. The minimum atomic E-state index is -2.09. The molecule has 0 unspecified atom stereocenters. The third kappa shape index (κ3) is 7.88. The highest BCUT2D eigenvalue weighted by Crippen LogP contribution is 2.39. The van der Waals surface area contributed by atoms with Crippen LogP contribution in [0.2, 0.25) is 18.1 Å². The summed E-state index contributed by atoms with van der Waals surface area (Å²) in [6.45, 7) is 18.7. The number of hydrogen-bond donors (Lipinski definition) is 0. The lowest BCUT2D eigenvalue weighted by atomic mass is 10.1. The monoisotopic (exact) mass is 570 g/mol. The molecule has 0 radical (unpaired) electrons. The highest BCUT2D eigenvalue weighted by molar-refractivity contribution is 9.10. The van der Waals surface area contributed by atoms with Crippen LogP contribution in [0.15, 0.2) is 34.8 Å². The van der Waals surface area contributed by atoms with Crippen LogP contribution in [0.1, 0.15) is 54.9 Å². The first-order chi connectivity index (χ1) is 15.9. The summed E-state index contributed by atoms with van der Waals surface area (Å²) >= 11 is 3.41. The molecule has 0 bridgehead atoms. The van der Waals surface area contributed by atoms with E-state index in [1.165, 1.54) is 24.0 Å². The van der Waals surface area contributed by atoms with E-state index >= 15 is 0 Å². The third-order valence-corrected chi connectivity index (χ3v) is 11.7. The van der Waals surface area contributed by atoms with Gasteiger partial charge >= 0.3 is 6.09 Å². The molecule has 1 aliphatic rings. The van der Waals surface area contributed by atoms with Gasteiger partial charge in [-0.15, -0.1) is 0 Å². The quantitative estimate of drug-likeness (QED) is 0.276. The van der Waals surface area contributed by atoms with Gasteiger partial charge in [0.2, 0.25) is 5.91 Å². The Morgan fingerprint density at radius 3 is 2.40 bits per heavy atom. The number of hydrogen-bond acceptors (Lipinski definition) is 4. The molecule has 6 nitrogen and oxygen atoms in total. The summed E-state index contributed by atoms with van der Waals surface area (Å²) < 4.78 is 26.9. The summed E-state index contributed by atoms with van der Waals surface area (Å²) in [4.78, 5) is 28.6. The maximum Gasteiger partial charge on any atom is 0.410 e. The van der Waals surface area contributed by atoms with Gasteiger partial charge < -0.3 is 14.1 Å². The number of carbonyl (C=O) groups excluding carboxylic acids is 2. The first-order valence-electron chi connectivity index (χ1n) is 12.0. The number of carbonyl (C=O) groups is 2. The van der Waals surface area contributed by atoms with Crippen molar-refractivity contribution < 1.29 is 23.1 Å². The van der Waals surface area contributed by atoms with E-state index < -0.39 is 19.7 Å². The number of likely N-dealkylation sites (tertiary alicyclic amines) is 1. The van der Waals surface area contributed by atoms with E-state index in [1.54, 1.807) is 11.0 Å². The fourth-order valence-corrected chi connectivity index (χ4v) is 5.46. The number of anilines is 1. The molecule has 9 heteroatoms. The predicted molar refractivity (Wildman–Crippen MR) is 145 cm³/mol. The van der Waals surface area contributed by atoms with Gasteiger partial charge in [-0.2, -0.15) is 0 Å². The smallest absolute Gasteiger partial charge is 0.410 e. The van der Waals surface area contributed by atoms with Gasteiger partial charge in [0.05, 0.1) is 17.8 Å². The van der Waals surface area contributed by atoms with Crippen LogP contribution in [0.25, 0.3) is 0 Å². The largest absolute Gasteiger partial charge is 0.444 e. The number of rotatable bonds is 6. The highest BCUT2D eigenvalue weighted by Gasteiger charge is 2.45. The van der Waals surface area contributed by atoms with Gasteiger partial charge in [-0.05, 0) is 79.5 Å². The van der Waals surface area contributed by atoms with Crippen molar-refractivity contribution in [3.63, 3.8) is 0 Å². The fourth-order valence-electron chi connectivity index (χ4n) is 3.63. The first kappa shape index (κ1) is 29.5. The van der Waals surface area contributed by atoms with Crippen LogP contribution in [0.5, 0.6) is 0 Å². The van der Waals surface area contributed by atoms with E-state index in [2.05, 4.69) is 49.8 Å². The lowest BCUT2D eigenvalue weighted by Crippen LogP contribution is -2.48. The van der Waals surface area contributed by atoms with Gasteiger partial charge in [-0.3, -0.25) is 9.69 Å². The van der Waals surface area contributed by atoms with Crippen molar-refractivity contribution in [3.8, 4) is 0 Å². The van der Waals surface area contributed by atoms with Crippen molar-refractivity contribution in [3.05, 3.63) is 40.6 Å². The van der Waals surface area contributed by atoms with Crippen molar-refractivity contribution in [2.45, 2.75) is 90.8 Å². The second-order valence-corrected chi connectivity index (χ2v) is 17.1. The predicted octanol–water partition coefficient (Wildman–Crippen LogP) is 6.90. The van der Waals surface area contributed by atoms with E-state index in [-0.39, 0.29) is 35.7 Å². The van der Waals surface area contributed by atoms with Crippen LogP contribution >= 0.6 is 15.9 Å². The maximum atomic E-state index is 13.9. The minimum Gasteiger partial charge on any atom is -0.444 e. The highest BCUT2D eigenvalue weighted by atomic mass is 79.9. The molecule has 2 amide bonds. The number of benzene rings is 1. The van der Waals surface area contributed by atoms with E-state index in [4.69, 9.17) is 9.16 Å². The lowest BCUT2D eigenvalue weighted by Gasteiger charge is -2.40. The second-order valence-electron chi connectivity index (χ2n) is 11.5. The number of halogens is 2. The average molecular weight is 572 g/mol. The molecule has 1 heterocycles. The fraction of sp³-hybridized carbons (Fsp3) is 0.615. The zero-order valence-electron chi connectivity index (χ0n) is 22.4. The van der Waals surface area contributed by atoms with Gasteiger partial charge in [0.25, 0.3) is 0 Å². The molecule has 0 saturated carbocycles. The summed E-state index contributed by atoms with van der Waals surface area (Å²) in [5.41, 5.74) is -0.162. The molecule has 0 aromatic heterocycles. The zero-order valence-corrected chi connectivity index (χ0v) is 25.0. The third-order valence-electron chi connectivity index (χ3n) is 6.48. The van der Waals surface area contributed by atoms with E-state index in [9.17, 15) is 14.0 Å². The van der Waals surface area contributed by atoms with Crippen molar-refractivity contribution in [1.29, 1.82) is 0 Å². The van der Waals surface area contributed by atoms with Crippen molar-refractivity contribution in [2.24, 2.45) is 0 Å². The molecule has 2 atom stereocenters. The molecule has 1 aliphatic heterocycles. The zero-order chi connectivity index (χ0) is 26.8. The number of amides is 2. The molecule has 1 fully saturated rings. The number of ether oxygens (including phenoxy) is 1. The summed E-state index contributed by atoms with van der Waals surface area (Å²) in [6, 6.07) is 3.91. The normalized spacial score (nSPS) is 19.3. The molecule has 0 N–H and O–H groups in total. The van der Waals surface area contributed by atoms with E-state index in [0.717, 1.165) is 0 Å². The Morgan fingerprint density at radius 2 is 1.86 bits per heavy atom. The van der Waals surface area contributed by atoms with Crippen LogP contribution in [0.4, 0.5) is 14.9 Å². The van der Waals surface area contributed by atoms with Crippen LogP contribution in [0, 0.1) is 5.82 Å². The minimum absolute atomic E-state index is 0.0235.